The molecule has 3 rings (SSSR count). The monoisotopic (exact) mass is 404 g/mol. The van der Waals surface area contributed by atoms with E-state index in [2.05, 4.69) is 10.5 Å². The summed E-state index contributed by atoms with van der Waals surface area (Å²) in [5.74, 6) is 0.433. The number of carbonyl (C=O) groups is 2. The summed E-state index contributed by atoms with van der Waals surface area (Å²) in [4.78, 5) is 24.3. The van der Waals surface area contributed by atoms with Crippen LogP contribution in [0.5, 0.6) is 17.2 Å². The zero-order chi connectivity index (χ0) is 21.3. The van der Waals surface area contributed by atoms with Crippen LogP contribution in [0.1, 0.15) is 26.3 Å². The quantitative estimate of drug-likeness (QED) is 0.281. The second-order valence-electron chi connectivity index (χ2n) is 6.09. The van der Waals surface area contributed by atoms with Crippen LogP contribution in [-0.4, -0.2) is 32.3 Å². The molecule has 0 radical (unpaired) electrons. The number of hydrogen-bond acceptors (Lipinski definition) is 6. The number of nitrogens with one attached hydrogen (secondary N) is 1. The van der Waals surface area contributed by atoms with Crippen LogP contribution in [0.15, 0.2) is 77.9 Å². The van der Waals surface area contributed by atoms with Crippen molar-refractivity contribution >= 4 is 18.1 Å². The molecule has 0 fully saturated rings. The van der Waals surface area contributed by atoms with Crippen LogP contribution in [0.25, 0.3) is 0 Å². The molecule has 0 heterocycles. The Balaban J connectivity index is 1.66. The number of hydrazone groups is 1. The van der Waals surface area contributed by atoms with Gasteiger partial charge < -0.3 is 14.2 Å². The van der Waals surface area contributed by atoms with Crippen molar-refractivity contribution in [1.29, 1.82) is 0 Å². The zero-order valence-corrected chi connectivity index (χ0v) is 16.5. The van der Waals surface area contributed by atoms with Gasteiger partial charge in [-0.2, -0.15) is 5.10 Å². The summed E-state index contributed by atoms with van der Waals surface area (Å²) >= 11 is 0. The van der Waals surface area contributed by atoms with Crippen LogP contribution < -0.4 is 19.6 Å². The Kier molecular flexibility index (Phi) is 6.78. The Morgan fingerprint density at radius 1 is 0.833 bits per heavy atom. The first-order valence-electron chi connectivity index (χ1n) is 9.03. The molecule has 7 heteroatoms. The lowest BCUT2D eigenvalue weighted by Crippen LogP contribution is -2.17. The van der Waals surface area contributed by atoms with Gasteiger partial charge in [0.25, 0.3) is 5.91 Å². The summed E-state index contributed by atoms with van der Waals surface area (Å²) in [6.45, 7) is 0. The number of esters is 1. The number of methoxy groups -OCH3 is 2. The van der Waals surface area contributed by atoms with E-state index in [0.29, 0.717) is 28.2 Å². The van der Waals surface area contributed by atoms with Gasteiger partial charge in [0, 0.05) is 5.56 Å². The van der Waals surface area contributed by atoms with Crippen LogP contribution in [0.4, 0.5) is 0 Å². The summed E-state index contributed by atoms with van der Waals surface area (Å²) in [6.07, 6.45) is 1.47. The zero-order valence-electron chi connectivity index (χ0n) is 16.5. The Morgan fingerprint density at radius 2 is 1.57 bits per heavy atom. The van der Waals surface area contributed by atoms with Gasteiger partial charge in [-0.1, -0.05) is 18.2 Å². The van der Waals surface area contributed by atoms with Crippen LogP contribution >= 0.6 is 0 Å². The molecule has 0 aliphatic heterocycles. The van der Waals surface area contributed by atoms with Gasteiger partial charge in [0.1, 0.15) is 5.75 Å². The van der Waals surface area contributed by atoms with Crippen molar-refractivity contribution in [2.75, 3.05) is 14.2 Å². The second-order valence-corrected chi connectivity index (χ2v) is 6.09. The van der Waals surface area contributed by atoms with E-state index >= 15 is 0 Å². The van der Waals surface area contributed by atoms with Crippen LogP contribution in [0, 0.1) is 0 Å². The molecule has 3 aromatic rings. The SMILES string of the molecule is COc1ccc(C(=O)Oc2ccc(C=NNC(=O)c3ccccc3)cc2OC)cc1. The molecule has 152 valence electrons. The summed E-state index contributed by atoms with van der Waals surface area (Å²) < 4.78 is 15.8. The molecule has 3 aromatic carbocycles. The Morgan fingerprint density at radius 3 is 2.23 bits per heavy atom. The Hall–Kier alpha value is -4.13. The molecule has 0 aliphatic rings. The summed E-state index contributed by atoms with van der Waals surface area (Å²) in [5.41, 5.74) is 4.00. The molecule has 0 aliphatic carbocycles. The predicted octanol–water partition coefficient (Wildman–Crippen LogP) is 3.69. The first kappa shape index (κ1) is 20.6. The highest BCUT2D eigenvalue weighted by molar-refractivity contribution is 5.95. The van der Waals surface area contributed by atoms with Crippen molar-refractivity contribution in [3.8, 4) is 17.2 Å². The summed E-state index contributed by atoms with van der Waals surface area (Å²) in [7, 11) is 3.02. The first-order valence-corrected chi connectivity index (χ1v) is 9.03. The maximum Gasteiger partial charge on any atom is 0.343 e. The molecule has 0 atom stereocenters. The molecule has 7 nitrogen and oxygen atoms in total. The van der Waals surface area contributed by atoms with Gasteiger partial charge in [-0.05, 0) is 60.2 Å². The summed E-state index contributed by atoms with van der Waals surface area (Å²) in [6, 6.07) is 20.3. The van der Waals surface area contributed by atoms with Crippen molar-refractivity contribution < 1.29 is 23.8 Å². The molecule has 1 amide bonds. The van der Waals surface area contributed by atoms with Gasteiger partial charge in [-0.25, -0.2) is 10.2 Å². The lowest BCUT2D eigenvalue weighted by atomic mass is 10.2. The molecule has 0 unspecified atom stereocenters. The number of carbonyl (C=O) groups excluding carboxylic acids is 2. The van der Waals surface area contributed by atoms with Crippen LogP contribution in [0.3, 0.4) is 0 Å². The fourth-order valence-electron chi connectivity index (χ4n) is 2.55. The van der Waals surface area contributed by atoms with E-state index in [-0.39, 0.29) is 11.7 Å². The highest BCUT2D eigenvalue weighted by atomic mass is 16.6. The molecular formula is C23H20N2O5. The Labute approximate surface area is 173 Å². The first-order chi connectivity index (χ1) is 14.6. The molecule has 0 bridgehead atoms. The molecular weight excluding hydrogens is 384 g/mol. The van der Waals surface area contributed by atoms with Gasteiger partial charge in [-0.15, -0.1) is 0 Å². The highest BCUT2D eigenvalue weighted by Gasteiger charge is 2.13. The predicted molar refractivity (Wildman–Crippen MR) is 112 cm³/mol. The number of amides is 1. The van der Waals surface area contributed by atoms with Crippen molar-refractivity contribution in [3.05, 3.63) is 89.5 Å². The maximum absolute atomic E-state index is 12.4. The van der Waals surface area contributed by atoms with Crippen molar-refractivity contribution in [3.63, 3.8) is 0 Å². The van der Waals surface area contributed by atoms with Gasteiger partial charge in [0.15, 0.2) is 11.5 Å². The molecule has 1 N–H and O–H groups in total. The number of hydrogen-bond donors (Lipinski definition) is 1. The third-order valence-electron chi connectivity index (χ3n) is 4.13. The number of ether oxygens (including phenoxy) is 3. The van der Waals surface area contributed by atoms with E-state index in [9.17, 15) is 9.59 Å². The third kappa shape index (κ3) is 5.23. The summed E-state index contributed by atoms with van der Waals surface area (Å²) in [5, 5.41) is 3.95. The van der Waals surface area contributed by atoms with Crippen molar-refractivity contribution in [2.45, 2.75) is 0 Å². The van der Waals surface area contributed by atoms with E-state index in [4.69, 9.17) is 14.2 Å². The third-order valence-corrected chi connectivity index (χ3v) is 4.13. The lowest BCUT2D eigenvalue weighted by molar-refractivity contribution is 0.0729. The average molecular weight is 404 g/mol. The maximum atomic E-state index is 12.4. The van der Waals surface area contributed by atoms with Crippen molar-refractivity contribution in [2.24, 2.45) is 5.10 Å². The lowest BCUT2D eigenvalue weighted by Gasteiger charge is -2.10. The number of rotatable bonds is 7. The molecule has 0 saturated carbocycles. The Bertz CT molecular complexity index is 1050. The van der Waals surface area contributed by atoms with Crippen LogP contribution in [-0.2, 0) is 0 Å². The minimum Gasteiger partial charge on any atom is -0.497 e. The van der Waals surface area contributed by atoms with E-state index in [1.165, 1.54) is 13.3 Å². The average Bonchev–Trinajstić information content (AvgIpc) is 2.80. The highest BCUT2D eigenvalue weighted by Crippen LogP contribution is 2.28. The van der Waals surface area contributed by atoms with Gasteiger partial charge in [0.05, 0.1) is 26.0 Å². The van der Waals surface area contributed by atoms with E-state index in [0.717, 1.165) is 0 Å². The molecule has 0 saturated heterocycles. The standard InChI is InChI=1S/C23H20N2O5/c1-28-19-11-9-18(10-12-19)23(27)30-20-13-8-16(14-21(20)29-2)15-24-25-22(26)17-6-4-3-5-7-17/h3-15H,1-2H3,(H,25,26). The second kappa shape index (κ2) is 9.88. The minimum atomic E-state index is -0.521. The normalized spacial score (nSPS) is 10.5. The topological polar surface area (TPSA) is 86.2 Å². The van der Waals surface area contributed by atoms with Crippen LogP contribution in [0.2, 0.25) is 0 Å². The molecule has 30 heavy (non-hydrogen) atoms. The van der Waals surface area contributed by atoms with E-state index < -0.39 is 5.97 Å². The van der Waals surface area contributed by atoms with Gasteiger partial charge >= 0.3 is 5.97 Å². The fourth-order valence-corrected chi connectivity index (χ4v) is 2.55. The fraction of sp³-hybridized carbons (Fsp3) is 0.0870. The van der Waals surface area contributed by atoms with Crippen molar-refractivity contribution in [1.82, 2.24) is 5.43 Å². The molecule has 0 spiro atoms. The molecule has 0 aromatic heterocycles. The minimum absolute atomic E-state index is 0.267. The van der Waals surface area contributed by atoms with Gasteiger partial charge in [-0.3, -0.25) is 4.79 Å². The number of benzene rings is 3. The van der Waals surface area contributed by atoms with E-state index in [1.807, 2.05) is 6.07 Å². The smallest absolute Gasteiger partial charge is 0.343 e. The van der Waals surface area contributed by atoms with E-state index in [1.54, 1.807) is 73.8 Å². The number of nitrogens with zero attached hydrogens (tertiary/aromatic N) is 1. The largest absolute Gasteiger partial charge is 0.497 e. The van der Waals surface area contributed by atoms with Gasteiger partial charge in [0.2, 0.25) is 0 Å².